The fourth-order valence-corrected chi connectivity index (χ4v) is 5.51. The standard InChI is InChI=1S/C27H29NO4S/c1-4-31-26(30)24-21-11-8-12-22(21)33-25(24)28-23(29)17-32-20-15-13-19(14-16-20)27(2,3)18-9-6-5-7-10-18/h5-7,9-10,13-16H,4,8,11-12,17H2,1-3H3,(H,28,29). The predicted molar refractivity (Wildman–Crippen MR) is 131 cm³/mol. The van der Waals surface area contributed by atoms with E-state index in [4.69, 9.17) is 9.47 Å². The Bertz CT molecular complexity index is 1130. The highest BCUT2D eigenvalue weighted by Crippen LogP contribution is 2.39. The number of anilines is 1. The number of ether oxygens (including phenoxy) is 2. The highest BCUT2D eigenvalue weighted by molar-refractivity contribution is 7.17. The van der Waals surface area contributed by atoms with Gasteiger partial charge in [0.05, 0.1) is 12.2 Å². The minimum atomic E-state index is -0.371. The van der Waals surface area contributed by atoms with Gasteiger partial charge in [-0.25, -0.2) is 4.79 Å². The van der Waals surface area contributed by atoms with Gasteiger partial charge in [-0.2, -0.15) is 0 Å². The molecule has 1 N–H and O–H groups in total. The fourth-order valence-electron chi connectivity index (χ4n) is 4.21. The summed E-state index contributed by atoms with van der Waals surface area (Å²) in [5.41, 5.74) is 3.79. The van der Waals surface area contributed by atoms with Gasteiger partial charge in [-0.3, -0.25) is 4.79 Å². The molecule has 0 fully saturated rings. The van der Waals surface area contributed by atoms with E-state index in [1.165, 1.54) is 16.9 Å². The van der Waals surface area contributed by atoms with Gasteiger partial charge in [0.15, 0.2) is 6.61 Å². The van der Waals surface area contributed by atoms with E-state index in [1.807, 2.05) is 42.5 Å². The lowest BCUT2D eigenvalue weighted by molar-refractivity contribution is -0.118. The number of hydrogen-bond acceptors (Lipinski definition) is 5. The molecule has 2 aromatic carbocycles. The number of amides is 1. The number of carbonyl (C=O) groups excluding carboxylic acids is 2. The monoisotopic (exact) mass is 463 g/mol. The van der Waals surface area contributed by atoms with Crippen molar-refractivity contribution in [3.63, 3.8) is 0 Å². The Kier molecular flexibility index (Phi) is 6.84. The maximum absolute atomic E-state index is 12.6. The van der Waals surface area contributed by atoms with Crippen LogP contribution in [0.1, 0.15) is 59.1 Å². The number of aryl methyl sites for hydroxylation is 1. The summed E-state index contributed by atoms with van der Waals surface area (Å²) in [6, 6.07) is 18.2. The van der Waals surface area contributed by atoms with Gasteiger partial charge in [0, 0.05) is 10.3 Å². The molecule has 0 radical (unpaired) electrons. The molecule has 1 amide bonds. The molecule has 1 aromatic heterocycles. The van der Waals surface area contributed by atoms with Gasteiger partial charge in [0.25, 0.3) is 5.91 Å². The van der Waals surface area contributed by atoms with Gasteiger partial charge in [0.2, 0.25) is 0 Å². The van der Waals surface area contributed by atoms with Crippen LogP contribution in [0.15, 0.2) is 54.6 Å². The molecule has 33 heavy (non-hydrogen) atoms. The van der Waals surface area contributed by atoms with Crippen molar-refractivity contribution in [2.45, 2.75) is 45.4 Å². The van der Waals surface area contributed by atoms with Crippen LogP contribution in [0.3, 0.4) is 0 Å². The summed E-state index contributed by atoms with van der Waals surface area (Å²) >= 11 is 1.47. The third kappa shape index (κ3) is 4.96. The summed E-state index contributed by atoms with van der Waals surface area (Å²) in [4.78, 5) is 26.2. The summed E-state index contributed by atoms with van der Waals surface area (Å²) in [6.45, 7) is 6.32. The minimum Gasteiger partial charge on any atom is -0.484 e. The van der Waals surface area contributed by atoms with Crippen LogP contribution in [0.4, 0.5) is 5.00 Å². The molecule has 0 saturated heterocycles. The van der Waals surface area contributed by atoms with Crippen molar-refractivity contribution in [1.29, 1.82) is 0 Å². The van der Waals surface area contributed by atoms with Gasteiger partial charge in [0.1, 0.15) is 10.8 Å². The Labute approximate surface area is 198 Å². The Morgan fingerprint density at radius 1 is 1.00 bits per heavy atom. The number of esters is 1. The zero-order valence-corrected chi connectivity index (χ0v) is 20.1. The third-order valence-corrected chi connectivity index (χ3v) is 7.30. The van der Waals surface area contributed by atoms with Gasteiger partial charge >= 0.3 is 5.97 Å². The molecule has 3 aromatic rings. The SMILES string of the molecule is CCOC(=O)c1c(NC(=O)COc2ccc(C(C)(C)c3ccccc3)cc2)sc2c1CCC2. The summed E-state index contributed by atoms with van der Waals surface area (Å²) < 4.78 is 10.9. The largest absolute Gasteiger partial charge is 0.484 e. The molecule has 6 heteroatoms. The second-order valence-electron chi connectivity index (χ2n) is 8.63. The second-order valence-corrected chi connectivity index (χ2v) is 9.74. The van der Waals surface area contributed by atoms with Gasteiger partial charge in [-0.15, -0.1) is 11.3 Å². The lowest BCUT2D eigenvalue weighted by Gasteiger charge is -2.26. The van der Waals surface area contributed by atoms with Crippen LogP contribution in [-0.2, 0) is 27.8 Å². The van der Waals surface area contributed by atoms with E-state index in [0.29, 0.717) is 22.9 Å². The maximum atomic E-state index is 12.6. The Morgan fingerprint density at radius 2 is 1.70 bits per heavy atom. The number of hydrogen-bond donors (Lipinski definition) is 1. The van der Waals surface area contributed by atoms with Crippen molar-refractivity contribution in [3.05, 3.63) is 81.7 Å². The third-order valence-electron chi connectivity index (χ3n) is 6.10. The van der Waals surface area contributed by atoms with Crippen LogP contribution < -0.4 is 10.1 Å². The first-order chi connectivity index (χ1) is 15.9. The summed E-state index contributed by atoms with van der Waals surface area (Å²) in [6.07, 6.45) is 2.81. The molecule has 0 bridgehead atoms. The Morgan fingerprint density at radius 3 is 2.39 bits per heavy atom. The van der Waals surface area contributed by atoms with Crippen LogP contribution in [-0.4, -0.2) is 25.1 Å². The van der Waals surface area contributed by atoms with Crippen LogP contribution >= 0.6 is 11.3 Å². The molecule has 4 rings (SSSR count). The van der Waals surface area contributed by atoms with Crippen LogP contribution in [0.2, 0.25) is 0 Å². The Hall–Kier alpha value is -3.12. The number of rotatable bonds is 8. The first-order valence-corrected chi connectivity index (χ1v) is 12.1. The number of nitrogens with one attached hydrogen (secondary N) is 1. The zero-order chi connectivity index (χ0) is 23.4. The van der Waals surface area contributed by atoms with Crippen molar-refractivity contribution in [2.24, 2.45) is 0 Å². The highest BCUT2D eigenvalue weighted by atomic mass is 32.1. The highest BCUT2D eigenvalue weighted by Gasteiger charge is 2.28. The quantitative estimate of drug-likeness (QED) is 0.432. The first kappa shape index (κ1) is 23.1. The fraction of sp³-hybridized carbons (Fsp3) is 0.333. The van der Waals surface area contributed by atoms with Crippen LogP contribution in [0, 0.1) is 0 Å². The molecular weight excluding hydrogens is 434 g/mol. The number of benzene rings is 2. The normalized spacial score (nSPS) is 12.8. The van der Waals surface area contributed by atoms with E-state index in [2.05, 4.69) is 31.3 Å². The van der Waals surface area contributed by atoms with Crippen molar-refractivity contribution in [3.8, 4) is 5.75 Å². The lowest BCUT2D eigenvalue weighted by Crippen LogP contribution is -2.21. The predicted octanol–water partition coefficient (Wildman–Crippen LogP) is 5.76. The number of thiophene rings is 1. The van der Waals surface area contributed by atoms with Gasteiger partial charge < -0.3 is 14.8 Å². The van der Waals surface area contributed by atoms with E-state index in [9.17, 15) is 9.59 Å². The Balaban J connectivity index is 1.40. The second kappa shape index (κ2) is 9.79. The van der Waals surface area contributed by atoms with Crippen LogP contribution in [0.5, 0.6) is 5.75 Å². The van der Waals surface area contributed by atoms with Crippen molar-refractivity contribution in [2.75, 3.05) is 18.5 Å². The van der Waals surface area contributed by atoms with Crippen molar-refractivity contribution < 1.29 is 19.1 Å². The van der Waals surface area contributed by atoms with Crippen molar-refractivity contribution >= 4 is 28.2 Å². The molecule has 0 saturated carbocycles. The zero-order valence-electron chi connectivity index (χ0n) is 19.3. The smallest absolute Gasteiger partial charge is 0.341 e. The summed E-state index contributed by atoms with van der Waals surface area (Å²) in [5, 5.41) is 3.42. The van der Waals surface area contributed by atoms with E-state index < -0.39 is 0 Å². The first-order valence-electron chi connectivity index (χ1n) is 11.3. The van der Waals surface area contributed by atoms with Gasteiger partial charge in [-0.05, 0) is 55.0 Å². The molecule has 0 atom stereocenters. The molecule has 0 spiro atoms. The van der Waals surface area contributed by atoms with E-state index in [0.717, 1.165) is 35.3 Å². The number of fused-ring (bicyclic) bond motifs is 1. The lowest BCUT2D eigenvalue weighted by atomic mass is 9.78. The molecule has 1 heterocycles. The molecular formula is C27H29NO4S. The molecule has 172 valence electrons. The molecule has 5 nitrogen and oxygen atoms in total. The van der Waals surface area contributed by atoms with E-state index >= 15 is 0 Å². The minimum absolute atomic E-state index is 0.133. The average molecular weight is 464 g/mol. The van der Waals surface area contributed by atoms with E-state index in [1.54, 1.807) is 6.92 Å². The molecule has 0 unspecified atom stereocenters. The summed E-state index contributed by atoms with van der Waals surface area (Å²) in [5.74, 6) is -0.0454. The molecule has 1 aliphatic rings. The number of carbonyl (C=O) groups is 2. The maximum Gasteiger partial charge on any atom is 0.341 e. The van der Waals surface area contributed by atoms with Crippen LogP contribution in [0.25, 0.3) is 0 Å². The molecule has 1 aliphatic carbocycles. The molecule has 0 aliphatic heterocycles. The van der Waals surface area contributed by atoms with Gasteiger partial charge in [-0.1, -0.05) is 56.3 Å². The average Bonchev–Trinajstić information content (AvgIpc) is 3.39. The summed E-state index contributed by atoms with van der Waals surface area (Å²) in [7, 11) is 0. The van der Waals surface area contributed by atoms with Crippen molar-refractivity contribution in [1.82, 2.24) is 0 Å². The van der Waals surface area contributed by atoms with E-state index in [-0.39, 0.29) is 23.9 Å². The topological polar surface area (TPSA) is 64.6 Å².